The van der Waals surface area contributed by atoms with Crippen molar-refractivity contribution in [2.45, 2.75) is 13.8 Å². The molecule has 0 spiro atoms. The fraction of sp³-hybridized carbons (Fsp3) is 0.222. The molecule has 0 amide bonds. The molecule has 2 aromatic carbocycles. The fourth-order valence-corrected chi connectivity index (χ4v) is 2.16. The molecule has 0 fully saturated rings. The van der Waals surface area contributed by atoms with E-state index in [0.29, 0.717) is 11.3 Å². The van der Waals surface area contributed by atoms with Crippen molar-refractivity contribution in [3.63, 3.8) is 0 Å². The average molecular weight is 313 g/mol. The van der Waals surface area contributed by atoms with Crippen LogP contribution in [-0.2, 0) is 14.4 Å². The van der Waals surface area contributed by atoms with Crippen LogP contribution in [0, 0.1) is 13.8 Å². The van der Waals surface area contributed by atoms with Crippen LogP contribution < -0.4 is 4.74 Å². The molecule has 2 rings (SSSR count). The van der Waals surface area contributed by atoms with E-state index in [1.165, 1.54) is 14.2 Å². The van der Waals surface area contributed by atoms with Crippen molar-refractivity contribution in [1.29, 1.82) is 0 Å². The van der Waals surface area contributed by atoms with E-state index in [0.717, 1.165) is 16.9 Å². The summed E-state index contributed by atoms with van der Waals surface area (Å²) in [6.07, 6.45) is 0. The zero-order valence-electron chi connectivity index (χ0n) is 13.6. The summed E-state index contributed by atoms with van der Waals surface area (Å²) in [5.74, 6) is 0.837. The number of para-hydroxylation sites is 1. The van der Waals surface area contributed by atoms with Crippen LogP contribution in [0.15, 0.2) is 47.6 Å². The van der Waals surface area contributed by atoms with Gasteiger partial charge in [-0.3, -0.25) is 0 Å². The van der Waals surface area contributed by atoms with Gasteiger partial charge in [0.25, 0.3) is 0 Å². The third-order valence-corrected chi connectivity index (χ3v) is 3.41. The zero-order chi connectivity index (χ0) is 16.8. The number of ether oxygens (including phenoxy) is 2. The van der Waals surface area contributed by atoms with Crippen molar-refractivity contribution in [3.05, 3.63) is 59.2 Å². The molecule has 0 bridgehead atoms. The molecule has 0 N–H and O–H groups in total. The standard InChI is InChI=1S/C18H19NO4/c1-12-8-5-6-10-15(12)23-16-11-7-9-14(13(16)2)17(19-22-4)18(20)21-3/h5-11H,1-4H3/b19-17+. The first-order valence-electron chi connectivity index (χ1n) is 7.11. The van der Waals surface area contributed by atoms with Gasteiger partial charge in [0.1, 0.15) is 18.6 Å². The number of benzene rings is 2. The van der Waals surface area contributed by atoms with Gasteiger partial charge in [-0.1, -0.05) is 35.5 Å². The molecule has 2 aromatic rings. The first kappa shape index (κ1) is 16.5. The van der Waals surface area contributed by atoms with Crippen molar-refractivity contribution in [2.75, 3.05) is 14.2 Å². The topological polar surface area (TPSA) is 57.1 Å². The second-order valence-electron chi connectivity index (χ2n) is 4.91. The zero-order valence-corrected chi connectivity index (χ0v) is 13.6. The van der Waals surface area contributed by atoms with Crippen molar-refractivity contribution >= 4 is 11.7 Å². The van der Waals surface area contributed by atoms with Crippen LogP contribution in [0.2, 0.25) is 0 Å². The predicted molar refractivity (Wildman–Crippen MR) is 88.0 cm³/mol. The first-order chi connectivity index (χ1) is 11.1. The Morgan fingerprint density at radius 2 is 1.65 bits per heavy atom. The van der Waals surface area contributed by atoms with Crippen LogP contribution in [0.1, 0.15) is 16.7 Å². The van der Waals surface area contributed by atoms with E-state index < -0.39 is 5.97 Å². The van der Waals surface area contributed by atoms with E-state index in [-0.39, 0.29) is 5.71 Å². The molecule has 0 radical (unpaired) electrons. The van der Waals surface area contributed by atoms with E-state index in [9.17, 15) is 4.79 Å². The van der Waals surface area contributed by atoms with Crippen molar-refractivity contribution in [1.82, 2.24) is 0 Å². The van der Waals surface area contributed by atoms with Crippen molar-refractivity contribution < 1.29 is 19.1 Å². The van der Waals surface area contributed by atoms with Crippen LogP contribution in [0.5, 0.6) is 11.5 Å². The molecule has 0 aliphatic carbocycles. The lowest BCUT2D eigenvalue weighted by atomic mass is 10.0. The summed E-state index contributed by atoms with van der Waals surface area (Å²) >= 11 is 0. The summed E-state index contributed by atoms with van der Waals surface area (Å²) in [5, 5.41) is 3.78. The second kappa shape index (κ2) is 7.45. The third kappa shape index (κ3) is 3.69. The summed E-state index contributed by atoms with van der Waals surface area (Å²) in [5.41, 5.74) is 2.50. The molecule has 0 unspecified atom stereocenters. The van der Waals surface area contributed by atoms with Gasteiger partial charge in [0.05, 0.1) is 7.11 Å². The molecule has 5 nitrogen and oxygen atoms in total. The van der Waals surface area contributed by atoms with Gasteiger partial charge in [0, 0.05) is 11.1 Å². The Morgan fingerprint density at radius 1 is 0.957 bits per heavy atom. The van der Waals surface area contributed by atoms with Crippen LogP contribution in [0.3, 0.4) is 0 Å². The fourth-order valence-electron chi connectivity index (χ4n) is 2.16. The maximum Gasteiger partial charge on any atom is 0.360 e. The minimum absolute atomic E-state index is 0.0998. The number of rotatable bonds is 5. The minimum Gasteiger partial charge on any atom is -0.464 e. The Labute approximate surface area is 135 Å². The van der Waals surface area contributed by atoms with Crippen LogP contribution in [-0.4, -0.2) is 25.9 Å². The monoisotopic (exact) mass is 313 g/mol. The van der Waals surface area contributed by atoms with Crippen molar-refractivity contribution in [3.8, 4) is 11.5 Å². The summed E-state index contributed by atoms with van der Waals surface area (Å²) in [4.78, 5) is 16.7. The quantitative estimate of drug-likeness (QED) is 0.480. The highest BCUT2D eigenvalue weighted by molar-refractivity contribution is 6.43. The number of hydrogen-bond acceptors (Lipinski definition) is 5. The van der Waals surface area contributed by atoms with E-state index in [4.69, 9.17) is 14.3 Å². The number of nitrogens with zero attached hydrogens (tertiary/aromatic N) is 1. The molecule has 23 heavy (non-hydrogen) atoms. The number of carbonyl (C=O) groups is 1. The lowest BCUT2D eigenvalue weighted by Gasteiger charge is -2.14. The molecule has 120 valence electrons. The van der Waals surface area contributed by atoms with E-state index >= 15 is 0 Å². The maximum atomic E-state index is 11.9. The molecule has 0 heterocycles. The lowest BCUT2D eigenvalue weighted by Crippen LogP contribution is -2.18. The molecular weight excluding hydrogens is 294 g/mol. The minimum atomic E-state index is -0.567. The van der Waals surface area contributed by atoms with Crippen molar-refractivity contribution in [2.24, 2.45) is 5.16 Å². The summed E-state index contributed by atoms with van der Waals surface area (Å²) < 4.78 is 10.7. The van der Waals surface area contributed by atoms with Gasteiger partial charge in [0.15, 0.2) is 5.71 Å². The number of methoxy groups -OCH3 is 1. The van der Waals surface area contributed by atoms with Crippen LogP contribution >= 0.6 is 0 Å². The largest absolute Gasteiger partial charge is 0.464 e. The highest BCUT2D eigenvalue weighted by Gasteiger charge is 2.20. The summed E-state index contributed by atoms with van der Waals surface area (Å²) in [6, 6.07) is 13.1. The number of esters is 1. The van der Waals surface area contributed by atoms with E-state index in [1.54, 1.807) is 12.1 Å². The normalized spacial score (nSPS) is 11.0. The molecular formula is C18H19NO4. The third-order valence-electron chi connectivity index (χ3n) is 3.41. The van der Waals surface area contributed by atoms with Crippen LogP contribution in [0.25, 0.3) is 0 Å². The molecule has 0 atom stereocenters. The van der Waals surface area contributed by atoms with Gasteiger partial charge in [-0.25, -0.2) is 4.79 Å². The number of oxime groups is 1. The number of aryl methyl sites for hydroxylation is 1. The van der Waals surface area contributed by atoms with Gasteiger partial charge in [-0.2, -0.15) is 0 Å². The van der Waals surface area contributed by atoms with Crippen LogP contribution in [0.4, 0.5) is 0 Å². The Bertz CT molecular complexity index is 738. The van der Waals surface area contributed by atoms with E-state index in [1.807, 2.05) is 44.2 Å². The Hall–Kier alpha value is -2.82. The second-order valence-corrected chi connectivity index (χ2v) is 4.91. The Kier molecular flexibility index (Phi) is 5.36. The van der Waals surface area contributed by atoms with Gasteiger partial charge in [0.2, 0.25) is 0 Å². The van der Waals surface area contributed by atoms with E-state index in [2.05, 4.69) is 5.16 Å². The predicted octanol–water partition coefficient (Wildman–Crippen LogP) is 3.62. The summed E-state index contributed by atoms with van der Waals surface area (Å²) in [7, 11) is 2.68. The number of hydrogen-bond donors (Lipinski definition) is 0. The Morgan fingerprint density at radius 3 is 2.30 bits per heavy atom. The highest BCUT2D eigenvalue weighted by atomic mass is 16.6. The molecule has 0 aliphatic heterocycles. The average Bonchev–Trinajstić information content (AvgIpc) is 2.56. The SMILES string of the molecule is CO/N=C(/C(=O)OC)c1cccc(Oc2ccccc2C)c1C. The maximum absolute atomic E-state index is 11.9. The van der Waals surface area contributed by atoms with Gasteiger partial charge < -0.3 is 14.3 Å². The van der Waals surface area contributed by atoms with Gasteiger partial charge >= 0.3 is 5.97 Å². The highest BCUT2D eigenvalue weighted by Crippen LogP contribution is 2.29. The lowest BCUT2D eigenvalue weighted by molar-refractivity contribution is -0.132. The smallest absolute Gasteiger partial charge is 0.360 e. The molecule has 5 heteroatoms. The van der Waals surface area contributed by atoms with Gasteiger partial charge in [-0.05, 0) is 31.5 Å². The molecule has 0 aromatic heterocycles. The Balaban J connectivity index is 2.44. The van der Waals surface area contributed by atoms with Gasteiger partial charge in [-0.15, -0.1) is 0 Å². The summed E-state index contributed by atoms with van der Waals surface area (Å²) in [6.45, 7) is 3.83. The molecule has 0 saturated heterocycles. The number of carbonyl (C=O) groups excluding carboxylic acids is 1. The first-order valence-corrected chi connectivity index (χ1v) is 7.11. The molecule has 0 saturated carbocycles. The molecule has 0 aliphatic rings.